The van der Waals surface area contributed by atoms with Crippen molar-refractivity contribution >= 4 is 47.8 Å². The molecule has 0 aromatic carbocycles. The Bertz CT molecular complexity index is 3260. The van der Waals surface area contributed by atoms with Gasteiger partial charge in [-0.05, 0) is 177 Å². The van der Waals surface area contributed by atoms with Crippen LogP contribution in [0.5, 0.6) is 0 Å². The van der Waals surface area contributed by atoms with Gasteiger partial charge in [0.2, 0.25) is 0 Å². The van der Waals surface area contributed by atoms with Gasteiger partial charge in [-0.2, -0.15) is 0 Å². The van der Waals surface area contributed by atoms with Gasteiger partial charge in [-0.25, -0.2) is 0 Å². The Morgan fingerprint density at radius 3 is 0.667 bits per heavy atom. The van der Waals surface area contributed by atoms with Crippen LogP contribution in [-0.4, -0.2) is 281 Å². The molecule has 1 spiro atoms. The Morgan fingerprint density at radius 1 is 0.308 bits per heavy atom. The third-order valence-electron chi connectivity index (χ3n) is 34.8. The molecule has 0 aromatic rings. The Labute approximate surface area is 703 Å². The molecule has 0 saturated carbocycles. The molecule has 8 atom stereocenters. The topological polar surface area (TPSA) is 267 Å². The second-order valence-electron chi connectivity index (χ2n) is 44.4. The van der Waals surface area contributed by atoms with Crippen molar-refractivity contribution in [1.82, 2.24) is 29.4 Å². The standard InChI is InChI=1S/C91H158N6O20/c1-37-57(65(98)112-59-39-45-92(31)83(19,20)77(59,7)8)90(69(102)114-61-41-47-94(33)85(23,24)79(61,11)12,70(103)115-62-42-48-95(34)86(25,26)80(62,13)14)67(100)106-51-75(3,4)73-108-53-89(54-109-73)55-110-74(111-56-89)76(5,6)52-107-68(101)91(71(104)116-63-43-49-96(35)87(27,28)81(63,15)16,72(105)117-64-44-50-97(36)88(29,30)82(64,17)18)58(38-2)66(99)113-60-40-46-93(32)84(21,22)78(60,9)10/h57-64,73-74H,37-56H2,1-36H3. The van der Waals surface area contributed by atoms with Crippen LogP contribution in [0.15, 0.2) is 0 Å². The molecule has 0 N–H and O–H groups in total. The van der Waals surface area contributed by atoms with Gasteiger partial charge < -0.3 is 86.2 Å². The van der Waals surface area contributed by atoms with Gasteiger partial charge in [0.15, 0.2) is 12.6 Å². The van der Waals surface area contributed by atoms with Crippen LogP contribution < -0.4 is 0 Å². The van der Waals surface area contributed by atoms with E-state index in [1.54, 1.807) is 41.5 Å². The molecule has 8 aliphatic rings. The number of esters is 8. The van der Waals surface area contributed by atoms with Gasteiger partial charge >= 0.3 is 47.8 Å². The lowest BCUT2D eigenvalue weighted by molar-refractivity contribution is -0.337. The van der Waals surface area contributed by atoms with Gasteiger partial charge in [0.25, 0.3) is 10.8 Å². The molecule has 26 nitrogen and oxygen atoms in total. The van der Waals surface area contributed by atoms with Crippen molar-refractivity contribution < 1.29 is 95.2 Å². The molecule has 8 saturated heterocycles. The Balaban J connectivity index is 1.07. The fraction of sp³-hybridized carbons (Fsp3) is 0.912. The zero-order valence-corrected chi connectivity index (χ0v) is 79.3. The fourth-order valence-electron chi connectivity index (χ4n) is 19.4. The summed E-state index contributed by atoms with van der Waals surface area (Å²) in [7, 11) is 12.1. The average Bonchev–Trinajstić information content (AvgIpc) is 0.730. The molecule has 0 aromatic heterocycles. The van der Waals surface area contributed by atoms with Crippen molar-refractivity contribution in [2.45, 2.75) is 342 Å². The molecule has 8 aliphatic heterocycles. The number of carbonyl (C=O) groups is 8. The Hall–Kier alpha value is -4.64. The summed E-state index contributed by atoms with van der Waals surface area (Å²) in [5, 5.41) is 0. The van der Waals surface area contributed by atoms with E-state index >= 15 is 38.4 Å². The third-order valence-corrected chi connectivity index (χ3v) is 34.8. The predicted molar refractivity (Wildman–Crippen MR) is 446 cm³/mol. The van der Waals surface area contributed by atoms with E-state index in [0.717, 1.165) is 0 Å². The molecular formula is C91H158N6O20. The summed E-state index contributed by atoms with van der Waals surface area (Å²) in [6.45, 7) is 61.6. The first-order valence-corrected chi connectivity index (χ1v) is 43.5. The van der Waals surface area contributed by atoms with Crippen LogP contribution in [0.25, 0.3) is 0 Å². The lowest BCUT2D eigenvalue weighted by Gasteiger charge is -2.56. The smallest absolute Gasteiger partial charge is 0.336 e. The molecule has 26 heteroatoms. The summed E-state index contributed by atoms with van der Waals surface area (Å²) in [6, 6.07) is 0. The second kappa shape index (κ2) is 33.5. The van der Waals surface area contributed by atoms with Crippen molar-refractivity contribution in [2.75, 3.05) is 121 Å². The minimum Gasteiger partial charge on any atom is -0.464 e. The van der Waals surface area contributed by atoms with Crippen molar-refractivity contribution in [3.63, 3.8) is 0 Å². The lowest BCUT2D eigenvalue weighted by Crippen LogP contribution is -2.66. The summed E-state index contributed by atoms with van der Waals surface area (Å²) in [5.74, 6) is -13.1. The van der Waals surface area contributed by atoms with Crippen LogP contribution in [-0.2, 0) is 95.2 Å². The van der Waals surface area contributed by atoms with E-state index in [4.69, 9.17) is 56.8 Å². The Kier molecular flexibility index (Phi) is 28.0. The maximum absolute atomic E-state index is 16.2. The van der Waals surface area contributed by atoms with Crippen molar-refractivity contribution in [1.29, 1.82) is 0 Å². The predicted octanol–water partition coefficient (Wildman–Crippen LogP) is 12.2. The maximum atomic E-state index is 16.2. The number of carbonyl (C=O) groups excluding carboxylic acids is 8. The number of ether oxygens (including phenoxy) is 12. The summed E-state index contributed by atoms with van der Waals surface area (Å²) >= 11 is 0. The highest BCUT2D eigenvalue weighted by Gasteiger charge is 2.71. The van der Waals surface area contributed by atoms with Gasteiger partial charge in [0.1, 0.15) is 49.8 Å². The number of rotatable bonds is 24. The molecule has 8 fully saturated rings. The van der Waals surface area contributed by atoms with Gasteiger partial charge in [-0.1, -0.05) is 125 Å². The van der Waals surface area contributed by atoms with Gasteiger partial charge in [0.05, 0.1) is 43.7 Å². The highest BCUT2D eigenvalue weighted by molar-refractivity contribution is 6.21. The van der Waals surface area contributed by atoms with E-state index in [2.05, 4.69) is 112 Å². The van der Waals surface area contributed by atoms with Gasteiger partial charge in [0, 0.05) is 116 Å². The van der Waals surface area contributed by atoms with Crippen LogP contribution in [0.2, 0.25) is 0 Å². The van der Waals surface area contributed by atoms with Crippen LogP contribution in [0.4, 0.5) is 0 Å². The summed E-state index contributed by atoms with van der Waals surface area (Å²) in [6.07, 6.45) is -5.01. The zero-order valence-electron chi connectivity index (χ0n) is 79.3. The van der Waals surface area contributed by atoms with E-state index in [-0.39, 0.29) is 39.3 Å². The van der Waals surface area contributed by atoms with E-state index in [0.29, 0.717) is 77.8 Å². The molecule has 8 heterocycles. The molecule has 0 amide bonds. The summed E-state index contributed by atoms with van der Waals surface area (Å²) < 4.78 is 79.4. The highest BCUT2D eigenvalue weighted by atomic mass is 16.7. The highest BCUT2D eigenvalue weighted by Crippen LogP contribution is 2.55. The number of hydrogen-bond acceptors (Lipinski definition) is 26. The summed E-state index contributed by atoms with van der Waals surface area (Å²) in [4.78, 5) is 142. The van der Waals surface area contributed by atoms with Gasteiger partial charge in [-0.3, -0.25) is 38.4 Å². The van der Waals surface area contributed by atoms with Crippen LogP contribution in [0.1, 0.15) is 259 Å². The normalized spacial score (nSPS) is 32.4. The van der Waals surface area contributed by atoms with E-state index in [1.165, 1.54) is 0 Å². The summed E-state index contributed by atoms with van der Waals surface area (Å²) in [5.41, 5.74) is -16.9. The molecule has 0 aliphatic carbocycles. The molecule has 0 radical (unpaired) electrons. The minimum atomic E-state index is -3.05. The minimum absolute atomic E-state index is 0.0169. The number of nitrogens with zero attached hydrogens (tertiary/aromatic N) is 6. The largest absolute Gasteiger partial charge is 0.464 e. The van der Waals surface area contributed by atoms with E-state index < -0.39 is 215 Å². The lowest BCUT2D eigenvalue weighted by atomic mass is 9.65. The molecule has 117 heavy (non-hydrogen) atoms. The van der Waals surface area contributed by atoms with Crippen LogP contribution in [0.3, 0.4) is 0 Å². The van der Waals surface area contributed by atoms with Crippen LogP contribution >= 0.6 is 0 Å². The second-order valence-corrected chi connectivity index (χ2v) is 44.4. The number of piperidine rings is 6. The van der Waals surface area contributed by atoms with Crippen molar-refractivity contribution in [3.05, 3.63) is 0 Å². The average molecular weight is 1660 g/mol. The Morgan fingerprint density at radius 2 is 0.487 bits per heavy atom. The molecule has 8 unspecified atom stereocenters. The third kappa shape index (κ3) is 16.6. The zero-order chi connectivity index (χ0) is 89.0. The molecule has 0 bridgehead atoms. The fourth-order valence-corrected chi connectivity index (χ4v) is 19.4. The van der Waals surface area contributed by atoms with Crippen LogP contribution in [0, 0.1) is 71.4 Å². The van der Waals surface area contributed by atoms with E-state index in [9.17, 15) is 0 Å². The number of hydrogen-bond donors (Lipinski definition) is 0. The van der Waals surface area contributed by atoms with E-state index in [1.807, 2.05) is 125 Å². The van der Waals surface area contributed by atoms with Crippen molar-refractivity contribution in [2.24, 2.45) is 71.4 Å². The first-order valence-electron chi connectivity index (χ1n) is 43.5. The first kappa shape index (κ1) is 97.8. The van der Waals surface area contributed by atoms with Crippen molar-refractivity contribution in [3.8, 4) is 0 Å². The molecule has 8 rings (SSSR count). The molecule has 672 valence electrons. The number of likely N-dealkylation sites (tertiary alicyclic amines) is 6. The first-order chi connectivity index (χ1) is 53.2. The quantitative estimate of drug-likeness (QED) is 0.0493. The SMILES string of the molecule is CCC(C(=O)OC1CCN(C)C(C)(C)C1(C)C)C(C(=O)OCC(C)(C)C1OCC2(CO1)COC(C(C)(C)COC(=O)C(C(=O)OC1CCN(C)C(C)(C)C1(C)C)(C(=O)OC1CCN(C)C(C)(C)C1(C)C)C(CC)C(=O)OC1CCN(C)C(C)(C)C1(C)C)OC2)(C(=O)OC1CCN(C)C(C)(C)C1(C)C)C(=O)OC1CCN(C)C(C)(C)C1(C)C. The monoisotopic (exact) mass is 1660 g/mol. The van der Waals surface area contributed by atoms with Gasteiger partial charge in [-0.15, -0.1) is 0 Å². The molecular weight excluding hydrogens is 1500 g/mol. The maximum Gasteiger partial charge on any atom is 0.336 e.